The first-order valence-corrected chi connectivity index (χ1v) is 5.28. The van der Waals surface area contributed by atoms with Crippen LogP contribution in [0.15, 0.2) is 42.6 Å². The average molecular weight is 251 g/mol. The topological polar surface area (TPSA) is 49.8 Å². The third-order valence-electron chi connectivity index (χ3n) is 2.17. The van der Waals surface area contributed by atoms with Crippen molar-refractivity contribution in [2.75, 3.05) is 12.0 Å². The van der Waals surface area contributed by atoms with Gasteiger partial charge in [0, 0.05) is 12.1 Å². The molecule has 0 amide bonds. The molecule has 2 rings (SSSR count). The van der Waals surface area contributed by atoms with E-state index in [0.29, 0.717) is 0 Å². The van der Waals surface area contributed by atoms with E-state index in [2.05, 4.69) is 21.0 Å². The largest absolute Gasteiger partial charge is 0.319 e. The molecule has 0 aliphatic heterocycles. The SMILES string of the molecule is CCNNc1ccnnc1-c1ccccc1.Cl. The van der Waals surface area contributed by atoms with Gasteiger partial charge < -0.3 is 5.43 Å². The number of halogens is 1. The van der Waals surface area contributed by atoms with Crippen LogP contribution in [0.2, 0.25) is 0 Å². The van der Waals surface area contributed by atoms with E-state index >= 15 is 0 Å². The van der Waals surface area contributed by atoms with Gasteiger partial charge in [-0.15, -0.1) is 17.5 Å². The van der Waals surface area contributed by atoms with E-state index in [4.69, 9.17) is 0 Å². The number of nitrogens with zero attached hydrogens (tertiary/aromatic N) is 2. The van der Waals surface area contributed by atoms with Crippen LogP contribution in [-0.2, 0) is 0 Å². The van der Waals surface area contributed by atoms with Gasteiger partial charge in [-0.05, 0) is 6.07 Å². The van der Waals surface area contributed by atoms with E-state index in [-0.39, 0.29) is 12.4 Å². The average Bonchev–Trinajstić information content (AvgIpc) is 2.38. The molecule has 17 heavy (non-hydrogen) atoms. The Labute approximate surface area is 107 Å². The second-order valence-electron chi connectivity index (χ2n) is 3.31. The van der Waals surface area contributed by atoms with Gasteiger partial charge in [0.15, 0.2) is 0 Å². The van der Waals surface area contributed by atoms with Crippen molar-refractivity contribution in [1.82, 2.24) is 15.6 Å². The van der Waals surface area contributed by atoms with Crippen LogP contribution in [0.3, 0.4) is 0 Å². The third kappa shape index (κ3) is 3.41. The fraction of sp³-hybridized carbons (Fsp3) is 0.167. The molecule has 2 aromatic rings. The maximum absolute atomic E-state index is 4.15. The van der Waals surface area contributed by atoms with Crippen LogP contribution < -0.4 is 10.9 Å². The second kappa shape index (κ2) is 6.83. The van der Waals surface area contributed by atoms with Gasteiger partial charge in [0.2, 0.25) is 0 Å². The van der Waals surface area contributed by atoms with Crippen molar-refractivity contribution >= 4 is 18.1 Å². The number of aromatic nitrogens is 2. The van der Waals surface area contributed by atoms with Crippen molar-refractivity contribution in [1.29, 1.82) is 0 Å². The number of rotatable bonds is 4. The molecule has 0 fully saturated rings. The molecule has 0 aliphatic rings. The molecule has 0 bridgehead atoms. The van der Waals surface area contributed by atoms with Crippen LogP contribution in [-0.4, -0.2) is 16.7 Å². The first-order valence-electron chi connectivity index (χ1n) is 5.28. The highest BCUT2D eigenvalue weighted by Gasteiger charge is 2.05. The lowest BCUT2D eigenvalue weighted by atomic mass is 10.1. The molecule has 90 valence electrons. The first-order chi connectivity index (χ1) is 7.92. The van der Waals surface area contributed by atoms with Crippen LogP contribution in [0.5, 0.6) is 0 Å². The molecule has 1 aromatic carbocycles. The standard InChI is InChI=1S/C12H14N4.ClH/c1-2-13-15-11-8-9-14-16-12(11)10-6-4-3-5-7-10;/h3-9,13H,2H2,1H3,(H,14,15);1H. The van der Waals surface area contributed by atoms with Crippen LogP contribution in [0.4, 0.5) is 5.69 Å². The van der Waals surface area contributed by atoms with Crippen molar-refractivity contribution in [3.63, 3.8) is 0 Å². The molecule has 0 saturated heterocycles. The molecule has 4 nitrogen and oxygen atoms in total. The Morgan fingerprint density at radius 2 is 1.88 bits per heavy atom. The van der Waals surface area contributed by atoms with Gasteiger partial charge in [-0.25, -0.2) is 5.43 Å². The summed E-state index contributed by atoms with van der Waals surface area (Å²) >= 11 is 0. The van der Waals surface area contributed by atoms with Crippen LogP contribution in [0, 0.1) is 0 Å². The summed E-state index contributed by atoms with van der Waals surface area (Å²) in [6, 6.07) is 11.9. The molecule has 0 spiro atoms. The van der Waals surface area contributed by atoms with Gasteiger partial charge in [0.05, 0.1) is 11.9 Å². The summed E-state index contributed by atoms with van der Waals surface area (Å²) < 4.78 is 0. The number of hydrazine groups is 1. The molecule has 1 aromatic heterocycles. The Morgan fingerprint density at radius 3 is 2.59 bits per heavy atom. The van der Waals surface area contributed by atoms with Crippen molar-refractivity contribution in [3.05, 3.63) is 42.6 Å². The Hall–Kier alpha value is -1.65. The highest BCUT2D eigenvalue weighted by molar-refractivity contribution is 5.85. The first kappa shape index (κ1) is 13.4. The summed E-state index contributed by atoms with van der Waals surface area (Å²) in [6.45, 7) is 2.88. The molecule has 0 saturated carbocycles. The van der Waals surface area contributed by atoms with Crippen LogP contribution in [0.25, 0.3) is 11.3 Å². The minimum Gasteiger partial charge on any atom is -0.319 e. The van der Waals surface area contributed by atoms with Gasteiger partial charge in [-0.3, -0.25) is 0 Å². The maximum atomic E-state index is 4.15. The number of nitrogens with one attached hydrogen (secondary N) is 2. The minimum atomic E-state index is 0. The monoisotopic (exact) mass is 250 g/mol. The van der Waals surface area contributed by atoms with Gasteiger partial charge in [0.1, 0.15) is 5.69 Å². The van der Waals surface area contributed by atoms with E-state index in [1.54, 1.807) is 6.20 Å². The zero-order valence-corrected chi connectivity index (χ0v) is 10.4. The predicted octanol–water partition coefficient (Wildman–Crippen LogP) is 2.50. The van der Waals surface area contributed by atoms with Crippen LogP contribution in [0.1, 0.15) is 6.92 Å². The summed E-state index contributed by atoms with van der Waals surface area (Å²) in [5.74, 6) is 0. The lowest BCUT2D eigenvalue weighted by molar-refractivity contribution is 0.841. The summed E-state index contributed by atoms with van der Waals surface area (Å²) in [5.41, 5.74) is 9.00. The highest BCUT2D eigenvalue weighted by Crippen LogP contribution is 2.23. The maximum Gasteiger partial charge on any atom is 0.117 e. The molecule has 5 heteroatoms. The van der Waals surface area contributed by atoms with E-state index < -0.39 is 0 Å². The smallest absolute Gasteiger partial charge is 0.117 e. The molecule has 0 atom stereocenters. The molecular weight excluding hydrogens is 236 g/mol. The fourth-order valence-electron chi connectivity index (χ4n) is 1.43. The van der Waals surface area contributed by atoms with E-state index in [1.165, 1.54) is 0 Å². The lowest BCUT2D eigenvalue weighted by Crippen LogP contribution is -2.21. The summed E-state index contributed by atoms with van der Waals surface area (Å²) in [7, 11) is 0. The van der Waals surface area contributed by atoms with Crippen molar-refractivity contribution in [3.8, 4) is 11.3 Å². The van der Waals surface area contributed by atoms with Gasteiger partial charge >= 0.3 is 0 Å². The molecule has 0 aliphatic carbocycles. The fourth-order valence-corrected chi connectivity index (χ4v) is 1.43. The van der Waals surface area contributed by atoms with Crippen molar-refractivity contribution in [2.45, 2.75) is 6.92 Å². The van der Waals surface area contributed by atoms with E-state index in [1.807, 2.05) is 43.3 Å². The second-order valence-corrected chi connectivity index (χ2v) is 3.31. The predicted molar refractivity (Wildman–Crippen MR) is 72.0 cm³/mol. The lowest BCUT2D eigenvalue weighted by Gasteiger charge is -2.10. The normalized spacial score (nSPS) is 9.47. The minimum absolute atomic E-state index is 0. The van der Waals surface area contributed by atoms with Crippen LogP contribution >= 0.6 is 12.4 Å². The third-order valence-corrected chi connectivity index (χ3v) is 2.17. The zero-order chi connectivity index (χ0) is 11.2. The summed E-state index contributed by atoms with van der Waals surface area (Å²) in [4.78, 5) is 0. The molecule has 1 heterocycles. The van der Waals surface area contributed by atoms with Crippen molar-refractivity contribution in [2.24, 2.45) is 0 Å². The quantitative estimate of drug-likeness (QED) is 0.819. The number of benzene rings is 1. The summed E-state index contributed by atoms with van der Waals surface area (Å²) in [5, 5.41) is 8.06. The molecule has 2 N–H and O–H groups in total. The number of hydrogen-bond donors (Lipinski definition) is 2. The van der Waals surface area contributed by atoms with Gasteiger partial charge in [-0.1, -0.05) is 37.3 Å². The Morgan fingerprint density at radius 1 is 1.12 bits per heavy atom. The van der Waals surface area contributed by atoms with Crippen molar-refractivity contribution < 1.29 is 0 Å². The molecular formula is C12H15ClN4. The molecule has 0 radical (unpaired) electrons. The van der Waals surface area contributed by atoms with E-state index in [9.17, 15) is 0 Å². The number of anilines is 1. The van der Waals surface area contributed by atoms with E-state index in [0.717, 1.165) is 23.5 Å². The Kier molecular flexibility index (Phi) is 5.39. The zero-order valence-electron chi connectivity index (χ0n) is 9.55. The summed E-state index contributed by atoms with van der Waals surface area (Å²) in [6.07, 6.45) is 1.67. The highest BCUT2D eigenvalue weighted by atomic mass is 35.5. The Bertz CT molecular complexity index is 447. The van der Waals surface area contributed by atoms with Gasteiger partial charge in [-0.2, -0.15) is 5.10 Å². The molecule has 0 unspecified atom stereocenters. The van der Waals surface area contributed by atoms with Gasteiger partial charge in [0.25, 0.3) is 0 Å². The Balaban J connectivity index is 0.00000144. The number of hydrogen-bond acceptors (Lipinski definition) is 4.